The monoisotopic (exact) mass is 608 g/mol. The summed E-state index contributed by atoms with van der Waals surface area (Å²) in [6, 6.07) is 4.88. The number of fused-ring (bicyclic) bond motifs is 1. The first-order valence-corrected chi connectivity index (χ1v) is 15.7. The van der Waals surface area contributed by atoms with Crippen LogP contribution in [0.4, 0.5) is 10.5 Å². The Morgan fingerprint density at radius 3 is 2.45 bits per heavy atom. The number of rotatable bonds is 5. The van der Waals surface area contributed by atoms with Crippen LogP contribution in [0.15, 0.2) is 29.4 Å². The number of piperidine rings is 1. The summed E-state index contributed by atoms with van der Waals surface area (Å²) < 4.78 is 5.49. The highest BCUT2D eigenvalue weighted by atomic mass is 16.6. The average molecular weight is 609 g/mol. The van der Waals surface area contributed by atoms with E-state index in [1.807, 2.05) is 43.9 Å². The second-order valence-electron chi connectivity index (χ2n) is 12.9. The molecule has 4 amide bonds. The third-order valence-electron chi connectivity index (χ3n) is 8.29. The minimum atomic E-state index is -0.739. The van der Waals surface area contributed by atoms with Crippen LogP contribution in [0.1, 0.15) is 65.7 Å². The van der Waals surface area contributed by atoms with Gasteiger partial charge >= 0.3 is 6.09 Å². The van der Waals surface area contributed by atoms with Gasteiger partial charge in [-0.1, -0.05) is 0 Å². The van der Waals surface area contributed by atoms with Gasteiger partial charge in [-0.15, -0.1) is 0 Å². The number of guanidine groups is 1. The largest absolute Gasteiger partial charge is 0.444 e. The Kier molecular flexibility index (Phi) is 9.70. The number of carbonyl (C=O) groups excluding carboxylic acids is 4. The van der Waals surface area contributed by atoms with Gasteiger partial charge in [0.25, 0.3) is 0 Å². The Bertz CT molecular complexity index is 1380. The molecule has 1 atom stereocenters. The number of anilines is 1. The van der Waals surface area contributed by atoms with E-state index in [0.29, 0.717) is 44.6 Å². The van der Waals surface area contributed by atoms with Gasteiger partial charge in [0.1, 0.15) is 11.6 Å². The Balaban J connectivity index is 1.30. The predicted octanol–water partition coefficient (Wildman–Crippen LogP) is 3.10. The number of carbonyl (C=O) groups is 4. The van der Waals surface area contributed by atoms with E-state index in [1.165, 1.54) is 0 Å². The van der Waals surface area contributed by atoms with E-state index in [4.69, 9.17) is 9.73 Å². The van der Waals surface area contributed by atoms with Crippen molar-refractivity contribution < 1.29 is 23.9 Å². The number of nitrogens with one attached hydrogen (secondary N) is 3. The maximum Gasteiger partial charge on any atom is 0.410 e. The van der Waals surface area contributed by atoms with E-state index in [9.17, 15) is 19.2 Å². The molecule has 3 aliphatic rings. The van der Waals surface area contributed by atoms with Gasteiger partial charge in [-0.25, -0.2) is 9.79 Å². The number of benzene rings is 1. The number of likely N-dealkylation sites (tertiary alicyclic amines) is 3. The fourth-order valence-electron chi connectivity index (χ4n) is 5.86. The molecule has 0 spiro atoms. The molecule has 0 aliphatic carbocycles. The highest BCUT2D eigenvalue weighted by Crippen LogP contribution is 2.22. The first-order chi connectivity index (χ1) is 21.1. The topological polar surface area (TPSA) is 152 Å². The van der Waals surface area contributed by atoms with E-state index < -0.39 is 11.6 Å². The van der Waals surface area contributed by atoms with Crippen molar-refractivity contribution >= 4 is 46.4 Å². The molecule has 3 aliphatic heterocycles. The minimum absolute atomic E-state index is 0.0299. The van der Waals surface area contributed by atoms with Gasteiger partial charge in [-0.05, 0) is 83.9 Å². The molecule has 0 radical (unpaired) electrons. The zero-order chi connectivity index (χ0) is 31.3. The highest BCUT2D eigenvalue weighted by Gasteiger charge is 2.33. The van der Waals surface area contributed by atoms with Crippen LogP contribution in [-0.2, 0) is 19.1 Å². The lowest BCUT2D eigenvalue weighted by Gasteiger charge is -2.33. The molecule has 1 unspecified atom stereocenters. The summed E-state index contributed by atoms with van der Waals surface area (Å²) in [7, 11) is 0. The van der Waals surface area contributed by atoms with Crippen LogP contribution in [0.2, 0.25) is 0 Å². The van der Waals surface area contributed by atoms with Crippen molar-refractivity contribution in [1.29, 1.82) is 0 Å². The van der Waals surface area contributed by atoms with Crippen molar-refractivity contribution in [3.05, 3.63) is 24.4 Å². The van der Waals surface area contributed by atoms with Crippen LogP contribution in [0, 0.1) is 5.92 Å². The number of H-pyrrole nitrogens is 1. The normalized spacial score (nSPS) is 20.5. The summed E-state index contributed by atoms with van der Waals surface area (Å²) >= 11 is 0. The van der Waals surface area contributed by atoms with Crippen LogP contribution in [-0.4, -0.2) is 106 Å². The Hall–Kier alpha value is -4.16. The second-order valence-corrected chi connectivity index (χ2v) is 12.9. The van der Waals surface area contributed by atoms with Gasteiger partial charge in [-0.3, -0.25) is 24.8 Å². The van der Waals surface area contributed by atoms with E-state index in [0.717, 1.165) is 49.7 Å². The zero-order valence-electron chi connectivity index (χ0n) is 25.9. The van der Waals surface area contributed by atoms with Gasteiger partial charge < -0.3 is 24.8 Å². The van der Waals surface area contributed by atoms with Crippen LogP contribution in [0.25, 0.3) is 10.9 Å². The van der Waals surface area contributed by atoms with Crippen LogP contribution < -0.4 is 10.6 Å². The highest BCUT2D eigenvalue weighted by molar-refractivity contribution is 6.06. The summed E-state index contributed by atoms with van der Waals surface area (Å²) in [4.78, 5) is 62.3. The van der Waals surface area contributed by atoms with Crippen LogP contribution in [0.5, 0.6) is 0 Å². The van der Waals surface area contributed by atoms with Gasteiger partial charge in [-0.2, -0.15) is 5.10 Å². The number of aromatic amines is 1. The summed E-state index contributed by atoms with van der Waals surface area (Å²) in [5.74, 6) is -0.634. The maximum atomic E-state index is 13.7. The lowest BCUT2D eigenvalue weighted by atomic mass is 9.96. The standard InChI is InChI=1S/C31H44N8O5/c1-31(2,3)44-30(43)38-16-11-21(12-17-38)27(41)35-29(33-23-10-9-22-19-32-36-25(22)18-23)34-24-8-4-5-15-39(28(24)42)20-26(40)37-13-6-7-14-37/h9-10,18-19,21,24H,4-8,11-17,20H2,1-3H3,(H,32,36)(H2,33,34,35,41). The number of aromatic nitrogens is 2. The van der Waals surface area contributed by atoms with Gasteiger partial charge in [0.15, 0.2) is 0 Å². The van der Waals surface area contributed by atoms with E-state index in [2.05, 4.69) is 20.8 Å². The molecule has 13 nitrogen and oxygen atoms in total. The number of hydrogen-bond donors (Lipinski definition) is 3. The number of hydrogen-bond acceptors (Lipinski definition) is 7. The zero-order valence-corrected chi connectivity index (χ0v) is 25.9. The predicted molar refractivity (Wildman–Crippen MR) is 166 cm³/mol. The summed E-state index contributed by atoms with van der Waals surface area (Å²) in [6.45, 7) is 8.32. The summed E-state index contributed by atoms with van der Waals surface area (Å²) in [6.07, 6.45) is 6.36. The smallest absolute Gasteiger partial charge is 0.410 e. The number of nitrogens with zero attached hydrogens (tertiary/aromatic N) is 5. The SMILES string of the molecule is CC(C)(C)OC(=O)N1CCC(C(=O)NC(=NC2CCCCN(CC(=O)N3CCCC3)C2=O)Nc2ccc3cn[nH]c3c2)CC1. The molecule has 3 N–H and O–H groups in total. The van der Waals surface area contributed by atoms with Crippen molar-refractivity contribution in [3.8, 4) is 0 Å². The van der Waals surface area contributed by atoms with E-state index in [1.54, 1.807) is 16.0 Å². The molecule has 0 saturated carbocycles. The van der Waals surface area contributed by atoms with E-state index in [-0.39, 0.29) is 42.2 Å². The molecular formula is C31H44N8O5. The second kappa shape index (κ2) is 13.6. The molecule has 1 aromatic carbocycles. The molecule has 3 saturated heterocycles. The Labute approximate surface area is 257 Å². The first-order valence-electron chi connectivity index (χ1n) is 15.7. The van der Waals surface area contributed by atoms with Crippen molar-refractivity contribution in [2.75, 3.05) is 44.6 Å². The number of ether oxygens (including phenoxy) is 1. The lowest BCUT2D eigenvalue weighted by molar-refractivity contribution is -0.140. The number of aliphatic imine (C=N–C) groups is 1. The molecule has 3 fully saturated rings. The molecule has 238 valence electrons. The van der Waals surface area contributed by atoms with Crippen molar-refractivity contribution in [1.82, 2.24) is 30.2 Å². The van der Waals surface area contributed by atoms with Gasteiger partial charge in [0, 0.05) is 49.7 Å². The van der Waals surface area contributed by atoms with Crippen molar-refractivity contribution in [2.24, 2.45) is 10.9 Å². The Morgan fingerprint density at radius 1 is 1.00 bits per heavy atom. The number of amides is 4. The van der Waals surface area contributed by atoms with Gasteiger partial charge in [0.2, 0.25) is 23.7 Å². The average Bonchev–Trinajstić information content (AvgIpc) is 3.66. The van der Waals surface area contributed by atoms with Crippen LogP contribution in [0.3, 0.4) is 0 Å². The Morgan fingerprint density at radius 2 is 1.73 bits per heavy atom. The lowest BCUT2D eigenvalue weighted by Crippen LogP contribution is -2.48. The fourth-order valence-corrected chi connectivity index (χ4v) is 5.86. The first kappa shape index (κ1) is 31.3. The summed E-state index contributed by atoms with van der Waals surface area (Å²) in [5.41, 5.74) is 0.892. The third kappa shape index (κ3) is 8.06. The quantitative estimate of drug-likeness (QED) is 0.348. The molecule has 44 heavy (non-hydrogen) atoms. The molecular weight excluding hydrogens is 564 g/mol. The molecule has 5 rings (SSSR count). The maximum absolute atomic E-state index is 13.7. The van der Waals surface area contributed by atoms with Crippen molar-refractivity contribution in [3.63, 3.8) is 0 Å². The van der Waals surface area contributed by atoms with E-state index >= 15 is 0 Å². The molecule has 4 heterocycles. The molecule has 0 bridgehead atoms. The minimum Gasteiger partial charge on any atom is -0.444 e. The van der Waals surface area contributed by atoms with Crippen molar-refractivity contribution in [2.45, 2.75) is 77.4 Å². The molecule has 1 aromatic heterocycles. The third-order valence-corrected chi connectivity index (χ3v) is 8.29. The molecule has 2 aromatic rings. The van der Waals surface area contributed by atoms with Gasteiger partial charge in [0.05, 0.1) is 18.3 Å². The summed E-state index contributed by atoms with van der Waals surface area (Å²) in [5, 5.41) is 14.1. The molecule has 13 heteroatoms. The van der Waals surface area contributed by atoms with Crippen LogP contribution >= 0.6 is 0 Å². The fraction of sp³-hybridized carbons (Fsp3) is 0.613.